The van der Waals surface area contributed by atoms with Gasteiger partial charge in [-0.25, -0.2) is 0 Å². The van der Waals surface area contributed by atoms with E-state index in [9.17, 15) is 0 Å². The number of para-hydroxylation sites is 1. The van der Waals surface area contributed by atoms with Crippen molar-refractivity contribution in [1.82, 2.24) is 0 Å². The summed E-state index contributed by atoms with van der Waals surface area (Å²) >= 11 is 1.83. The molecule has 0 fully saturated rings. The SMILES string of the molecule is Cc1ccsc1C(C)Nc1ccccc1C(C)C. The van der Waals surface area contributed by atoms with Gasteiger partial charge in [0, 0.05) is 10.6 Å². The van der Waals surface area contributed by atoms with Gasteiger partial charge in [0.2, 0.25) is 0 Å². The molecule has 0 saturated heterocycles. The van der Waals surface area contributed by atoms with Crippen molar-refractivity contribution in [3.05, 3.63) is 51.7 Å². The van der Waals surface area contributed by atoms with Crippen molar-refractivity contribution in [3.8, 4) is 0 Å². The number of nitrogens with one attached hydrogen (secondary N) is 1. The predicted octanol–water partition coefficient (Wildman–Crippen LogP) is 5.35. The van der Waals surface area contributed by atoms with Crippen molar-refractivity contribution in [2.75, 3.05) is 5.32 Å². The van der Waals surface area contributed by atoms with Crippen LogP contribution in [0.5, 0.6) is 0 Å². The predicted molar refractivity (Wildman–Crippen MR) is 81.6 cm³/mol. The maximum Gasteiger partial charge on any atom is 0.0581 e. The number of anilines is 1. The van der Waals surface area contributed by atoms with Crippen LogP contribution in [0.25, 0.3) is 0 Å². The summed E-state index contributed by atoms with van der Waals surface area (Å²) in [5.74, 6) is 0.547. The van der Waals surface area contributed by atoms with Gasteiger partial charge in [-0.05, 0) is 48.4 Å². The topological polar surface area (TPSA) is 12.0 Å². The van der Waals surface area contributed by atoms with Crippen LogP contribution in [-0.4, -0.2) is 0 Å². The van der Waals surface area contributed by atoms with Gasteiger partial charge in [0.15, 0.2) is 0 Å². The Morgan fingerprint density at radius 3 is 2.39 bits per heavy atom. The molecular weight excluding hydrogens is 238 g/mol. The second kappa shape index (κ2) is 5.57. The van der Waals surface area contributed by atoms with Gasteiger partial charge in [-0.1, -0.05) is 32.0 Å². The summed E-state index contributed by atoms with van der Waals surface area (Å²) in [5.41, 5.74) is 4.02. The number of benzene rings is 1. The second-order valence-corrected chi connectivity index (χ2v) is 6.02. The molecule has 1 nitrogen and oxygen atoms in total. The number of thiophene rings is 1. The first-order chi connectivity index (χ1) is 8.59. The van der Waals surface area contributed by atoms with Gasteiger partial charge in [0.25, 0.3) is 0 Å². The van der Waals surface area contributed by atoms with Crippen LogP contribution in [0.15, 0.2) is 35.7 Å². The minimum absolute atomic E-state index is 0.366. The van der Waals surface area contributed by atoms with Gasteiger partial charge < -0.3 is 5.32 Å². The summed E-state index contributed by atoms with van der Waals surface area (Å²) < 4.78 is 0. The van der Waals surface area contributed by atoms with Gasteiger partial charge in [-0.2, -0.15) is 0 Å². The van der Waals surface area contributed by atoms with Crippen molar-refractivity contribution >= 4 is 17.0 Å². The van der Waals surface area contributed by atoms with Gasteiger partial charge in [0.1, 0.15) is 0 Å². The van der Waals surface area contributed by atoms with E-state index in [1.807, 2.05) is 11.3 Å². The zero-order valence-corrected chi connectivity index (χ0v) is 12.3. The molecule has 2 aromatic rings. The number of rotatable bonds is 4. The molecule has 0 bridgehead atoms. The first-order valence-corrected chi connectivity index (χ1v) is 7.37. The lowest BCUT2D eigenvalue weighted by atomic mass is 10.0. The first-order valence-electron chi connectivity index (χ1n) is 6.49. The highest BCUT2D eigenvalue weighted by atomic mass is 32.1. The van der Waals surface area contributed by atoms with Crippen LogP contribution in [-0.2, 0) is 0 Å². The number of hydrogen-bond donors (Lipinski definition) is 1. The molecule has 0 aliphatic heterocycles. The Labute approximate surface area is 114 Å². The summed E-state index contributed by atoms with van der Waals surface area (Å²) in [6.07, 6.45) is 0. The lowest BCUT2D eigenvalue weighted by Gasteiger charge is -2.19. The molecule has 0 radical (unpaired) electrons. The van der Waals surface area contributed by atoms with Crippen molar-refractivity contribution in [2.24, 2.45) is 0 Å². The molecule has 1 aromatic carbocycles. The van der Waals surface area contributed by atoms with E-state index in [0.29, 0.717) is 12.0 Å². The van der Waals surface area contributed by atoms with Crippen molar-refractivity contribution in [3.63, 3.8) is 0 Å². The first kappa shape index (κ1) is 13.2. The van der Waals surface area contributed by atoms with Crippen LogP contribution < -0.4 is 5.32 Å². The third-order valence-electron chi connectivity index (χ3n) is 3.25. The van der Waals surface area contributed by atoms with Crippen molar-refractivity contribution < 1.29 is 0 Å². The van der Waals surface area contributed by atoms with Crippen LogP contribution in [0.3, 0.4) is 0 Å². The van der Waals surface area contributed by atoms with Crippen LogP contribution in [0.4, 0.5) is 5.69 Å². The van der Waals surface area contributed by atoms with Crippen LogP contribution in [0, 0.1) is 6.92 Å². The van der Waals surface area contributed by atoms with E-state index < -0.39 is 0 Å². The average Bonchev–Trinajstić information content (AvgIpc) is 2.76. The molecule has 96 valence electrons. The summed E-state index contributed by atoms with van der Waals surface area (Å²) in [6.45, 7) is 8.89. The quantitative estimate of drug-likeness (QED) is 0.780. The molecule has 0 aliphatic rings. The smallest absolute Gasteiger partial charge is 0.0581 e. The molecule has 18 heavy (non-hydrogen) atoms. The zero-order valence-electron chi connectivity index (χ0n) is 11.5. The maximum atomic E-state index is 3.65. The van der Waals surface area contributed by atoms with E-state index >= 15 is 0 Å². The number of aryl methyl sites for hydroxylation is 1. The summed E-state index contributed by atoms with van der Waals surface area (Å²) in [5, 5.41) is 5.81. The van der Waals surface area contributed by atoms with Crippen LogP contribution in [0.2, 0.25) is 0 Å². The van der Waals surface area contributed by atoms with E-state index in [2.05, 4.69) is 68.7 Å². The van der Waals surface area contributed by atoms with E-state index in [-0.39, 0.29) is 0 Å². The van der Waals surface area contributed by atoms with Crippen molar-refractivity contribution in [2.45, 2.75) is 39.7 Å². The van der Waals surface area contributed by atoms with Crippen LogP contribution in [0.1, 0.15) is 48.7 Å². The Morgan fingerprint density at radius 1 is 1.06 bits per heavy atom. The van der Waals surface area contributed by atoms with Crippen molar-refractivity contribution in [1.29, 1.82) is 0 Å². The molecule has 2 heteroatoms. The summed E-state index contributed by atoms with van der Waals surface area (Å²) in [7, 11) is 0. The molecule has 0 amide bonds. The van der Waals surface area contributed by atoms with Gasteiger partial charge in [0.05, 0.1) is 6.04 Å². The van der Waals surface area contributed by atoms with Gasteiger partial charge in [-0.3, -0.25) is 0 Å². The monoisotopic (exact) mass is 259 g/mol. The molecule has 1 heterocycles. The Bertz CT molecular complexity index is 513. The molecule has 1 aromatic heterocycles. The summed E-state index contributed by atoms with van der Waals surface area (Å²) in [6, 6.07) is 11.1. The molecular formula is C16H21NS. The third-order valence-corrected chi connectivity index (χ3v) is 4.45. The molecule has 1 atom stereocenters. The molecule has 1 N–H and O–H groups in total. The van der Waals surface area contributed by atoms with E-state index in [1.54, 1.807) is 0 Å². The van der Waals surface area contributed by atoms with E-state index in [0.717, 1.165) is 0 Å². The fourth-order valence-corrected chi connectivity index (χ4v) is 3.19. The minimum atomic E-state index is 0.366. The molecule has 0 saturated carbocycles. The van der Waals surface area contributed by atoms with E-state index in [4.69, 9.17) is 0 Å². The Kier molecular flexibility index (Phi) is 4.07. The largest absolute Gasteiger partial charge is 0.377 e. The zero-order chi connectivity index (χ0) is 13.1. The number of hydrogen-bond acceptors (Lipinski definition) is 2. The lowest BCUT2D eigenvalue weighted by molar-refractivity contribution is 0.846. The highest BCUT2D eigenvalue weighted by Crippen LogP contribution is 2.30. The average molecular weight is 259 g/mol. The molecule has 2 rings (SSSR count). The second-order valence-electron chi connectivity index (χ2n) is 5.08. The Morgan fingerprint density at radius 2 is 1.78 bits per heavy atom. The van der Waals surface area contributed by atoms with Gasteiger partial charge in [-0.15, -0.1) is 11.3 Å². The third kappa shape index (κ3) is 2.75. The van der Waals surface area contributed by atoms with Gasteiger partial charge >= 0.3 is 0 Å². The van der Waals surface area contributed by atoms with E-state index in [1.165, 1.54) is 21.7 Å². The molecule has 0 aliphatic carbocycles. The lowest BCUT2D eigenvalue weighted by Crippen LogP contribution is -2.08. The normalized spacial score (nSPS) is 12.7. The fraction of sp³-hybridized carbons (Fsp3) is 0.375. The highest BCUT2D eigenvalue weighted by molar-refractivity contribution is 7.10. The minimum Gasteiger partial charge on any atom is -0.377 e. The Balaban J connectivity index is 2.22. The molecule has 0 spiro atoms. The highest BCUT2D eigenvalue weighted by Gasteiger charge is 2.12. The molecule has 1 unspecified atom stereocenters. The Hall–Kier alpha value is -1.28. The standard InChI is InChI=1S/C16H21NS/c1-11(2)14-7-5-6-8-15(14)17-13(4)16-12(3)9-10-18-16/h5-11,13,17H,1-4H3. The fourth-order valence-electron chi connectivity index (χ4n) is 2.26. The summed E-state index contributed by atoms with van der Waals surface area (Å²) in [4.78, 5) is 1.42. The van der Waals surface area contributed by atoms with Crippen LogP contribution >= 0.6 is 11.3 Å². The maximum absolute atomic E-state index is 3.65.